The van der Waals surface area contributed by atoms with Crippen molar-refractivity contribution in [3.05, 3.63) is 54.4 Å². The lowest BCUT2D eigenvalue weighted by molar-refractivity contribution is 0.171. The Morgan fingerprint density at radius 2 is 2.00 bits per heavy atom. The van der Waals surface area contributed by atoms with Crippen LogP contribution < -0.4 is 0 Å². The first-order valence-corrected chi connectivity index (χ1v) is 7.86. The molecule has 0 N–H and O–H groups in total. The molecule has 0 aliphatic heterocycles. The van der Waals surface area contributed by atoms with Gasteiger partial charge in [0.2, 0.25) is 5.16 Å². The van der Waals surface area contributed by atoms with Crippen molar-refractivity contribution in [1.82, 2.24) is 14.5 Å². The molecule has 0 saturated heterocycles. The van der Waals surface area contributed by atoms with Crippen molar-refractivity contribution >= 4 is 27.9 Å². The standard InChI is InChI=1S/C15H13N3O3S/c1-21-15(19)18-13-8-3-2-7-12(13)17-14(18)22(20)10-11-6-4-5-9-16-11/h2-9H,10H2,1H3. The number of rotatable bonds is 3. The predicted molar refractivity (Wildman–Crippen MR) is 81.9 cm³/mol. The molecule has 0 spiro atoms. The molecule has 0 amide bonds. The number of hydrogen-bond acceptors (Lipinski definition) is 5. The van der Waals surface area contributed by atoms with E-state index in [-0.39, 0.29) is 10.9 Å². The van der Waals surface area contributed by atoms with Gasteiger partial charge in [0.05, 0.1) is 40.4 Å². The first-order valence-electron chi connectivity index (χ1n) is 6.55. The maximum absolute atomic E-state index is 12.6. The summed E-state index contributed by atoms with van der Waals surface area (Å²) in [6.07, 6.45) is 1.02. The number of carbonyl (C=O) groups excluding carboxylic acids is 1. The molecular formula is C15H13N3O3S. The molecule has 1 atom stereocenters. The van der Waals surface area contributed by atoms with E-state index in [9.17, 15) is 9.00 Å². The minimum Gasteiger partial charge on any atom is -0.452 e. The van der Waals surface area contributed by atoms with E-state index in [0.717, 1.165) is 0 Å². The number of ether oxygens (including phenoxy) is 1. The molecule has 6 nitrogen and oxygen atoms in total. The van der Waals surface area contributed by atoms with Gasteiger partial charge in [-0.1, -0.05) is 18.2 Å². The summed E-state index contributed by atoms with van der Waals surface area (Å²) < 4.78 is 18.6. The lowest BCUT2D eigenvalue weighted by Crippen LogP contribution is -2.16. The fraction of sp³-hybridized carbons (Fsp3) is 0.133. The number of imidazole rings is 1. The molecule has 0 aliphatic carbocycles. The normalized spacial score (nSPS) is 12.2. The van der Waals surface area contributed by atoms with Gasteiger partial charge < -0.3 is 4.74 Å². The van der Waals surface area contributed by atoms with Gasteiger partial charge in [0, 0.05) is 6.20 Å². The summed E-state index contributed by atoms with van der Waals surface area (Å²) in [5.74, 6) is 0.182. The summed E-state index contributed by atoms with van der Waals surface area (Å²) in [7, 11) is -0.232. The Labute approximate surface area is 129 Å². The van der Waals surface area contributed by atoms with Crippen molar-refractivity contribution in [2.75, 3.05) is 7.11 Å². The summed E-state index contributed by atoms with van der Waals surface area (Å²) in [5.41, 5.74) is 1.83. The molecule has 2 heterocycles. The Balaban J connectivity index is 2.06. The van der Waals surface area contributed by atoms with Gasteiger partial charge in [-0.15, -0.1) is 0 Å². The first-order chi connectivity index (χ1) is 10.7. The lowest BCUT2D eigenvalue weighted by Gasteiger charge is -2.05. The quantitative estimate of drug-likeness (QED) is 0.741. The van der Waals surface area contributed by atoms with Gasteiger partial charge in [0.15, 0.2) is 0 Å². The zero-order valence-electron chi connectivity index (χ0n) is 11.8. The molecule has 1 unspecified atom stereocenters. The van der Waals surface area contributed by atoms with Crippen LogP contribution in [0, 0.1) is 0 Å². The molecule has 22 heavy (non-hydrogen) atoms. The van der Waals surface area contributed by atoms with Gasteiger partial charge in [-0.05, 0) is 24.3 Å². The number of nitrogens with zero attached hydrogens (tertiary/aromatic N) is 3. The monoisotopic (exact) mass is 315 g/mol. The zero-order valence-corrected chi connectivity index (χ0v) is 12.6. The van der Waals surface area contributed by atoms with E-state index in [1.54, 1.807) is 36.5 Å². The summed E-state index contributed by atoms with van der Waals surface area (Å²) in [6.45, 7) is 0. The van der Waals surface area contributed by atoms with Crippen molar-refractivity contribution in [3.63, 3.8) is 0 Å². The van der Waals surface area contributed by atoms with Crippen LogP contribution in [0.25, 0.3) is 11.0 Å². The predicted octanol–water partition coefficient (Wildman–Crippen LogP) is 2.35. The highest BCUT2D eigenvalue weighted by atomic mass is 32.2. The van der Waals surface area contributed by atoms with Crippen LogP contribution in [0.1, 0.15) is 5.69 Å². The largest absolute Gasteiger partial charge is 0.452 e. The number of methoxy groups -OCH3 is 1. The van der Waals surface area contributed by atoms with Crippen molar-refractivity contribution in [1.29, 1.82) is 0 Å². The molecule has 0 saturated carbocycles. The highest BCUT2D eigenvalue weighted by Gasteiger charge is 2.21. The molecule has 112 valence electrons. The molecule has 0 radical (unpaired) electrons. The van der Waals surface area contributed by atoms with Gasteiger partial charge in [-0.25, -0.2) is 14.3 Å². The highest BCUT2D eigenvalue weighted by molar-refractivity contribution is 7.84. The number of para-hydroxylation sites is 2. The Hall–Kier alpha value is -2.54. The minimum atomic E-state index is -1.51. The summed E-state index contributed by atoms with van der Waals surface area (Å²) in [6, 6.07) is 12.5. The number of aromatic nitrogens is 3. The van der Waals surface area contributed by atoms with E-state index < -0.39 is 16.9 Å². The third-order valence-corrected chi connectivity index (χ3v) is 4.34. The van der Waals surface area contributed by atoms with Crippen molar-refractivity contribution in [2.24, 2.45) is 0 Å². The Morgan fingerprint density at radius 3 is 2.73 bits per heavy atom. The second-order valence-corrected chi connectivity index (χ2v) is 5.84. The van der Waals surface area contributed by atoms with E-state index in [0.29, 0.717) is 16.7 Å². The molecule has 3 rings (SSSR count). The summed E-state index contributed by atoms with van der Waals surface area (Å²) in [4.78, 5) is 20.5. The number of benzene rings is 1. The van der Waals surface area contributed by atoms with Gasteiger partial charge >= 0.3 is 6.09 Å². The smallest absolute Gasteiger partial charge is 0.420 e. The minimum absolute atomic E-state index is 0.165. The van der Waals surface area contributed by atoms with E-state index in [1.165, 1.54) is 11.7 Å². The van der Waals surface area contributed by atoms with Crippen LogP contribution in [0.5, 0.6) is 0 Å². The lowest BCUT2D eigenvalue weighted by atomic mass is 10.3. The second-order valence-electron chi connectivity index (χ2n) is 4.50. The Kier molecular flexibility index (Phi) is 3.97. The van der Waals surface area contributed by atoms with Gasteiger partial charge in [-0.3, -0.25) is 9.19 Å². The van der Waals surface area contributed by atoms with Crippen LogP contribution in [-0.2, 0) is 21.3 Å². The molecule has 3 aromatic rings. The third-order valence-electron chi connectivity index (χ3n) is 3.10. The van der Waals surface area contributed by atoms with Crippen LogP contribution in [0.15, 0.2) is 53.8 Å². The maximum Gasteiger partial charge on any atom is 0.420 e. The Bertz CT molecular complexity index is 846. The van der Waals surface area contributed by atoms with Crippen molar-refractivity contribution in [3.8, 4) is 0 Å². The molecule has 0 aliphatic rings. The molecule has 7 heteroatoms. The zero-order chi connectivity index (χ0) is 15.5. The van der Waals surface area contributed by atoms with Gasteiger partial charge in [0.25, 0.3) is 0 Å². The molecule has 1 aromatic carbocycles. The van der Waals surface area contributed by atoms with Crippen LogP contribution in [0.4, 0.5) is 4.79 Å². The molecule has 2 aromatic heterocycles. The number of fused-ring (bicyclic) bond motifs is 1. The van der Waals surface area contributed by atoms with Crippen LogP contribution in [0.2, 0.25) is 0 Å². The number of pyridine rings is 1. The fourth-order valence-corrected chi connectivity index (χ4v) is 3.25. The average Bonchev–Trinajstić information content (AvgIpc) is 2.94. The summed E-state index contributed by atoms with van der Waals surface area (Å²) >= 11 is 0. The topological polar surface area (TPSA) is 74.1 Å². The van der Waals surface area contributed by atoms with Crippen LogP contribution >= 0.6 is 0 Å². The SMILES string of the molecule is COC(=O)n1c(S(=O)Cc2ccccn2)nc2ccccc21. The molecule has 0 fully saturated rings. The fourth-order valence-electron chi connectivity index (χ4n) is 2.11. The van der Waals surface area contributed by atoms with Crippen molar-refractivity contribution in [2.45, 2.75) is 10.9 Å². The van der Waals surface area contributed by atoms with Gasteiger partial charge in [0.1, 0.15) is 0 Å². The molecular weight excluding hydrogens is 302 g/mol. The van der Waals surface area contributed by atoms with E-state index in [4.69, 9.17) is 4.74 Å². The highest BCUT2D eigenvalue weighted by Crippen LogP contribution is 2.20. The van der Waals surface area contributed by atoms with Crippen LogP contribution in [0.3, 0.4) is 0 Å². The first kappa shape index (κ1) is 14.4. The third kappa shape index (κ3) is 2.62. The number of hydrogen-bond donors (Lipinski definition) is 0. The Morgan fingerprint density at radius 1 is 1.23 bits per heavy atom. The second kappa shape index (κ2) is 6.07. The van der Waals surface area contributed by atoms with E-state index in [2.05, 4.69) is 9.97 Å². The van der Waals surface area contributed by atoms with E-state index >= 15 is 0 Å². The van der Waals surface area contributed by atoms with Gasteiger partial charge in [-0.2, -0.15) is 0 Å². The summed E-state index contributed by atoms with van der Waals surface area (Å²) in [5, 5.41) is 0.165. The number of carbonyl (C=O) groups is 1. The van der Waals surface area contributed by atoms with E-state index in [1.807, 2.05) is 12.1 Å². The van der Waals surface area contributed by atoms with Crippen LogP contribution in [-0.4, -0.2) is 31.9 Å². The molecule has 0 bridgehead atoms. The van der Waals surface area contributed by atoms with Crippen molar-refractivity contribution < 1.29 is 13.7 Å². The maximum atomic E-state index is 12.6. The average molecular weight is 315 g/mol.